The van der Waals surface area contributed by atoms with Gasteiger partial charge < -0.3 is 19.7 Å². The van der Waals surface area contributed by atoms with Crippen LogP contribution in [-0.4, -0.2) is 60.9 Å². The summed E-state index contributed by atoms with van der Waals surface area (Å²) in [5.41, 5.74) is 1.43. The maximum absolute atomic E-state index is 13.5. The van der Waals surface area contributed by atoms with E-state index in [0.717, 1.165) is 24.7 Å². The highest BCUT2D eigenvalue weighted by molar-refractivity contribution is 7.88. The predicted octanol–water partition coefficient (Wildman–Crippen LogP) is 0.973. The van der Waals surface area contributed by atoms with E-state index in [9.17, 15) is 23.1 Å². The number of carbonyl (C=O) groups excluding carboxylic acids is 1. The van der Waals surface area contributed by atoms with Crippen LogP contribution in [0.4, 0.5) is 0 Å². The molecule has 2 bridgehead atoms. The molecule has 182 valence electrons. The molecule has 2 aliphatic heterocycles. The number of nitrogens with zero attached hydrogens (tertiary/aromatic N) is 2. The Morgan fingerprint density at radius 1 is 1.18 bits per heavy atom. The van der Waals surface area contributed by atoms with Gasteiger partial charge in [0.15, 0.2) is 0 Å². The molecule has 2 N–H and O–H groups in total. The number of aromatic nitrogens is 1. The monoisotopic (exact) mass is 487 g/mol. The number of amides is 1. The molecule has 34 heavy (non-hydrogen) atoms. The first-order valence-corrected chi connectivity index (χ1v) is 13.3. The molecule has 5 rings (SSSR count). The fourth-order valence-corrected chi connectivity index (χ4v) is 6.85. The molecule has 10 heteroatoms. The predicted molar refractivity (Wildman–Crippen MR) is 126 cm³/mol. The third-order valence-electron chi connectivity index (χ3n) is 7.34. The van der Waals surface area contributed by atoms with E-state index in [-0.39, 0.29) is 24.6 Å². The second kappa shape index (κ2) is 8.51. The van der Waals surface area contributed by atoms with Crippen LogP contribution >= 0.6 is 0 Å². The number of hydrogen-bond donors (Lipinski definition) is 2. The van der Waals surface area contributed by atoms with Gasteiger partial charge in [-0.2, -0.15) is 4.31 Å². The van der Waals surface area contributed by atoms with Crippen LogP contribution in [0, 0.1) is 17.8 Å². The summed E-state index contributed by atoms with van der Waals surface area (Å²) in [6.45, 7) is 0.287. The van der Waals surface area contributed by atoms with Crippen molar-refractivity contribution in [2.24, 2.45) is 17.8 Å². The number of benzene rings is 1. The maximum atomic E-state index is 13.5. The van der Waals surface area contributed by atoms with Crippen LogP contribution in [0.3, 0.4) is 0 Å². The van der Waals surface area contributed by atoms with Crippen molar-refractivity contribution in [2.75, 3.05) is 26.5 Å². The van der Waals surface area contributed by atoms with Gasteiger partial charge >= 0.3 is 0 Å². The van der Waals surface area contributed by atoms with Crippen LogP contribution < -0.4 is 15.6 Å². The highest BCUT2D eigenvalue weighted by Gasteiger charge is 2.58. The Hall–Kier alpha value is -2.69. The SMILES string of the molecule is COc1ccc(-c2ccc3n(c2=O)C[C@H]2[C@H](CO)[C@@H](C(=O)NCC4CC4)[C@@H]3N2S(C)(=O)=O)cc1. The lowest BCUT2D eigenvalue weighted by Gasteiger charge is -2.36. The van der Waals surface area contributed by atoms with Crippen LogP contribution in [0.1, 0.15) is 24.6 Å². The third kappa shape index (κ3) is 3.83. The normalized spacial score (nSPS) is 26.2. The van der Waals surface area contributed by atoms with Gasteiger partial charge in [-0.3, -0.25) is 9.59 Å². The number of methoxy groups -OCH3 is 1. The quantitative estimate of drug-likeness (QED) is 0.601. The van der Waals surface area contributed by atoms with Crippen LogP contribution in [-0.2, 0) is 21.4 Å². The highest BCUT2D eigenvalue weighted by atomic mass is 32.2. The second-order valence-electron chi connectivity index (χ2n) is 9.48. The Morgan fingerprint density at radius 2 is 1.88 bits per heavy atom. The number of rotatable bonds is 7. The lowest BCUT2D eigenvalue weighted by Crippen LogP contribution is -2.48. The van der Waals surface area contributed by atoms with Crippen molar-refractivity contribution in [1.29, 1.82) is 0 Å². The lowest BCUT2D eigenvalue weighted by molar-refractivity contribution is -0.127. The fraction of sp³-hybridized carbons (Fsp3) is 0.500. The zero-order valence-electron chi connectivity index (χ0n) is 19.2. The number of fused-ring (bicyclic) bond motifs is 4. The molecule has 3 aliphatic rings. The summed E-state index contributed by atoms with van der Waals surface area (Å²) in [5, 5.41) is 13.2. The Bertz CT molecular complexity index is 1270. The maximum Gasteiger partial charge on any atom is 0.258 e. The van der Waals surface area contributed by atoms with Crippen molar-refractivity contribution in [3.05, 3.63) is 52.4 Å². The number of pyridine rings is 1. The highest BCUT2D eigenvalue weighted by Crippen LogP contribution is 2.49. The number of hydrogen-bond acceptors (Lipinski definition) is 6. The van der Waals surface area contributed by atoms with Crippen LogP contribution in [0.15, 0.2) is 41.2 Å². The number of sulfonamides is 1. The average molecular weight is 488 g/mol. The smallest absolute Gasteiger partial charge is 0.258 e. The lowest BCUT2D eigenvalue weighted by atomic mass is 9.86. The van der Waals surface area contributed by atoms with Crippen molar-refractivity contribution >= 4 is 15.9 Å². The molecular weight excluding hydrogens is 458 g/mol. The molecule has 0 unspecified atom stereocenters. The van der Waals surface area contributed by atoms with E-state index in [1.807, 2.05) is 0 Å². The van der Waals surface area contributed by atoms with Gasteiger partial charge in [-0.25, -0.2) is 8.42 Å². The summed E-state index contributed by atoms with van der Waals surface area (Å²) in [6.07, 6.45) is 3.26. The van der Waals surface area contributed by atoms with Crippen molar-refractivity contribution in [2.45, 2.75) is 31.5 Å². The Balaban J connectivity index is 1.59. The molecule has 1 aromatic heterocycles. The van der Waals surface area contributed by atoms with Gasteiger partial charge in [-0.15, -0.1) is 0 Å². The van der Waals surface area contributed by atoms with Gasteiger partial charge in [0, 0.05) is 42.9 Å². The topological polar surface area (TPSA) is 118 Å². The van der Waals surface area contributed by atoms with Gasteiger partial charge in [0.25, 0.3) is 5.56 Å². The summed E-state index contributed by atoms with van der Waals surface area (Å²) in [5.74, 6) is -0.516. The van der Waals surface area contributed by atoms with Crippen molar-refractivity contribution in [3.8, 4) is 16.9 Å². The zero-order valence-corrected chi connectivity index (χ0v) is 20.0. The van der Waals surface area contributed by atoms with E-state index in [4.69, 9.17) is 4.74 Å². The van der Waals surface area contributed by atoms with Gasteiger partial charge in [-0.1, -0.05) is 12.1 Å². The molecule has 3 heterocycles. The first-order valence-electron chi connectivity index (χ1n) is 11.5. The standard InChI is InChI=1S/C24H29N3O6S/c1-33-16-7-5-15(6-8-16)17-9-10-19-22-21(23(29)25-11-14-3-4-14)18(13-28)20(12-26(19)24(17)30)27(22)34(2,31)32/h5-10,14,18,20-22,28H,3-4,11-13H2,1-2H3,(H,25,29)/t18-,20-,21+,22+/m0/s1. The van der Waals surface area contributed by atoms with Gasteiger partial charge in [0.2, 0.25) is 15.9 Å². The molecule has 2 aromatic rings. The van der Waals surface area contributed by atoms with E-state index in [2.05, 4.69) is 5.32 Å². The first-order chi connectivity index (χ1) is 16.2. The molecule has 2 fully saturated rings. The van der Waals surface area contributed by atoms with E-state index in [1.165, 1.54) is 4.31 Å². The van der Waals surface area contributed by atoms with Crippen LogP contribution in [0.25, 0.3) is 11.1 Å². The minimum atomic E-state index is -3.70. The number of nitrogens with one attached hydrogen (secondary N) is 1. The molecule has 1 saturated carbocycles. The third-order valence-corrected chi connectivity index (χ3v) is 8.60. The fourth-order valence-electron chi connectivity index (χ4n) is 5.48. The molecule has 1 amide bonds. The minimum Gasteiger partial charge on any atom is -0.497 e. The summed E-state index contributed by atoms with van der Waals surface area (Å²) >= 11 is 0. The average Bonchev–Trinajstić information content (AvgIpc) is 3.60. The Kier molecular flexibility index (Phi) is 5.78. The summed E-state index contributed by atoms with van der Waals surface area (Å²) < 4.78 is 33.7. The molecule has 1 saturated heterocycles. The molecular formula is C24H29N3O6S. The van der Waals surface area contributed by atoms with Crippen molar-refractivity contribution < 1.29 is 23.1 Å². The van der Waals surface area contributed by atoms with Crippen LogP contribution in [0.2, 0.25) is 0 Å². The summed E-state index contributed by atoms with van der Waals surface area (Å²) in [7, 11) is -2.13. The first kappa shape index (κ1) is 23.1. The summed E-state index contributed by atoms with van der Waals surface area (Å²) in [6, 6.07) is 9.04. The number of aliphatic hydroxyl groups excluding tert-OH is 1. The molecule has 0 spiro atoms. The van der Waals surface area contributed by atoms with Gasteiger partial charge in [-0.05, 0) is 48.6 Å². The molecule has 0 radical (unpaired) electrons. The zero-order chi connectivity index (χ0) is 24.2. The Morgan fingerprint density at radius 3 is 2.47 bits per heavy atom. The van der Waals surface area contributed by atoms with Gasteiger partial charge in [0.05, 0.1) is 25.3 Å². The number of carbonyl (C=O) groups is 1. The second-order valence-corrected chi connectivity index (χ2v) is 11.4. The Labute approximate surface area is 198 Å². The molecule has 4 atom stereocenters. The van der Waals surface area contributed by atoms with E-state index >= 15 is 0 Å². The molecule has 1 aliphatic carbocycles. The van der Waals surface area contributed by atoms with E-state index in [1.54, 1.807) is 48.1 Å². The van der Waals surface area contributed by atoms with E-state index in [0.29, 0.717) is 29.5 Å². The van der Waals surface area contributed by atoms with Crippen molar-refractivity contribution in [3.63, 3.8) is 0 Å². The molecule has 9 nitrogen and oxygen atoms in total. The number of ether oxygens (including phenoxy) is 1. The van der Waals surface area contributed by atoms with Crippen LogP contribution in [0.5, 0.6) is 5.75 Å². The number of aliphatic hydroxyl groups is 1. The molecule has 1 aromatic carbocycles. The summed E-state index contributed by atoms with van der Waals surface area (Å²) in [4.78, 5) is 26.8. The van der Waals surface area contributed by atoms with E-state index < -0.39 is 33.9 Å². The van der Waals surface area contributed by atoms with Crippen molar-refractivity contribution in [1.82, 2.24) is 14.2 Å². The minimum absolute atomic E-state index is 0.0827. The van der Waals surface area contributed by atoms with Gasteiger partial charge in [0.1, 0.15) is 5.75 Å². The largest absolute Gasteiger partial charge is 0.497 e.